The zero-order chi connectivity index (χ0) is 10.2. The molecule has 0 bridgehead atoms. The Morgan fingerprint density at radius 3 is 3.07 bits per heavy atom. The van der Waals surface area contributed by atoms with E-state index in [2.05, 4.69) is 11.2 Å². The molecule has 1 rings (SSSR count). The summed E-state index contributed by atoms with van der Waals surface area (Å²) in [6, 6.07) is 0. The molecule has 3 heteroatoms. The Hall–Kier alpha value is -1.01. The molecule has 1 fully saturated rings. The maximum atomic E-state index is 11.7. The van der Waals surface area contributed by atoms with Gasteiger partial charge in [0, 0.05) is 32.5 Å². The number of carbonyl (C=O) groups is 1. The van der Waals surface area contributed by atoms with Crippen LogP contribution in [0, 0.1) is 12.3 Å². The van der Waals surface area contributed by atoms with Crippen LogP contribution in [0.5, 0.6) is 0 Å². The number of rotatable bonds is 3. The van der Waals surface area contributed by atoms with Gasteiger partial charge in [-0.1, -0.05) is 0 Å². The van der Waals surface area contributed by atoms with E-state index in [0.29, 0.717) is 12.8 Å². The molecule has 1 heterocycles. The van der Waals surface area contributed by atoms with Gasteiger partial charge >= 0.3 is 0 Å². The molecule has 78 valence electrons. The van der Waals surface area contributed by atoms with Crippen LogP contribution >= 0.6 is 0 Å². The highest BCUT2D eigenvalue weighted by Gasteiger charge is 2.13. The normalized spacial score (nSPS) is 17.2. The molecule has 0 unspecified atom stereocenters. The summed E-state index contributed by atoms with van der Waals surface area (Å²) in [5.41, 5.74) is 0. The quantitative estimate of drug-likeness (QED) is 0.527. The second-order valence-corrected chi connectivity index (χ2v) is 3.54. The number of hydrogen-bond donors (Lipinski definition) is 1. The van der Waals surface area contributed by atoms with E-state index in [9.17, 15) is 4.79 Å². The van der Waals surface area contributed by atoms with Crippen molar-refractivity contribution in [2.45, 2.75) is 25.7 Å². The first-order chi connectivity index (χ1) is 6.84. The third kappa shape index (κ3) is 3.80. The molecule has 1 N–H and O–H groups in total. The predicted octanol–water partition coefficient (Wildman–Crippen LogP) is 0.612. The first kappa shape index (κ1) is 11.1. The molecule has 0 spiro atoms. The Morgan fingerprint density at radius 2 is 2.29 bits per heavy atom. The van der Waals surface area contributed by atoms with Crippen molar-refractivity contribution in [2.75, 3.05) is 26.2 Å². The van der Waals surface area contributed by atoms with E-state index < -0.39 is 0 Å². The van der Waals surface area contributed by atoms with Crippen LogP contribution in [0.25, 0.3) is 0 Å². The van der Waals surface area contributed by atoms with Crippen molar-refractivity contribution in [2.24, 2.45) is 0 Å². The average molecular weight is 194 g/mol. The monoisotopic (exact) mass is 194 g/mol. The highest BCUT2D eigenvalue weighted by molar-refractivity contribution is 5.76. The lowest BCUT2D eigenvalue weighted by Crippen LogP contribution is -2.33. The topological polar surface area (TPSA) is 32.3 Å². The molecule has 1 saturated heterocycles. The van der Waals surface area contributed by atoms with Crippen LogP contribution in [-0.4, -0.2) is 37.0 Å². The van der Waals surface area contributed by atoms with Crippen molar-refractivity contribution in [3.63, 3.8) is 0 Å². The lowest BCUT2D eigenvalue weighted by atomic mass is 10.2. The van der Waals surface area contributed by atoms with E-state index in [0.717, 1.165) is 39.0 Å². The molecular formula is C11H18N2O. The number of terminal acetylenes is 1. The number of nitrogens with zero attached hydrogens (tertiary/aromatic N) is 1. The van der Waals surface area contributed by atoms with Gasteiger partial charge in [0.05, 0.1) is 0 Å². The van der Waals surface area contributed by atoms with Crippen molar-refractivity contribution in [3.8, 4) is 12.3 Å². The van der Waals surface area contributed by atoms with Gasteiger partial charge in [0.1, 0.15) is 0 Å². The van der Waals surface area contributed by atoms with Gasteiger partial charge in [-0.2, -0.15) is 0 Å². The van der Waals surface area contributed by atoms with Crippen molar-refractivity contribution in [1.82, 2.24) is 10.2 Å². The van der Waals surface area contributed by atoms with E-state index in [-0.39, 0.29) is 5.91 Å². The Balaban J connectivity index is 2.24. The molecule has 14 heavy (non-hydrogen) atoms. The fraction of sp³-hybridized carbons (Fsp3) is 0.727. The smallest absolute Gasteiger partial charge is 0.222 e. The van der Waals surface area contributed by atoms with Crippen molar-refractivity contribution < 1.29 is 4.79 Å². The molecule has 3 nitrogen and oxygen atoms in total. The average Bonchev–Trinajstić information content (AvgIpc) is 2.46. The minimum Gasteiger partial charge on any atom is -0.341 e. The third-order valence-electron chi connectivity index (χ3n) is 2.40. The van der Waals surface area contributed by atoms with Crippen LogP contribution in [0.1, 0.15) is 25.7 Å². The first-order valence-electron chi connectivity index (χ1n) is 5.26. The predicted molar refractivity (Wildman–Crippen MR) is 56.8 cm³/mol. The SMILES string of the molecule is C#CCCCC(=O)N1CCCNCC1. The Kier molecular flexibility index (Phi) is 5.09. The lowest BCUT2D eigenvalue weighted by Gasteiger charge is -2.19. The van der Waals surface area contributed by atoms with E-state index in [1.165, 1.54) is 0 Å². The van der Waals surface area contributed by atoms with Crippen LogP contribution in [0.2, 0.25) is 0 Å². The summed E-state index contributed by atoms with van der Waals surface area (Å²) < 4.78 is 0. The molecule has 1 amide bonds. The van der Waals surface area contributed by atoms with E-state index in [1.807, 2.05) is 4.90 Å². The number of unbranched alkanes of at least 4 members (excludes halogenated alkanes) is 1. The highest BCUT2D eigenvalue weighted by atomic mass is 16.2. The zero-order valence-corrected chi connectivity index (χ0v) is 8.59. The van der Waals surface area contributed by atoms with Crippen LogP contribution in [0.4, 0.5) is 0 Å². The summed E-state index contributed by atoms with van der Waals surface area (Å²) in [7, 11) is 0. The molecule has 0 aliphatic carbocycles. The third-order valence-corrected chi connectivity index (χ3v) is 2.40. The highest BCUT2D eigenvalue weighted by Crippen LogP contribution is 2.02. The molecule has 1 aliphatic rings. The number of amides is 1. The lowest BCUT2D eigenvalue weighted by molar-refractivity contribution is -0.131. The van der Waals surface area contributed by atoms with Gasteiger partial charge in [-0.3, -0.25) is 4.79 Å². The number of carbonyl (C=O) groups excluding carboxylic acids is 1. The molecule has 0 aromatic heterocycles. The van der Waals surface area contributed by atoms with Crippen LogP contribution < -0.4 is 5.32 Å². The summed E-state index contributed by atoms with van der Waals surface area (Å²) >= 11 is 0. The van der Waals surface area contributed by atoms with E-state index >= 15 is 0 Å². The summed E-state index contributed by atoms with van der Waals surface area (Å²) in [5.74, 6) is 2.81. The molecule has 0 aromatic carbocycles. The molecule has 0 atom stereocenters. The molecule has 0 aromatic rings. The standard InChI is InChI=1S/C11H18N2O/c1-2-3-4-6-11(14)13-9-5-7-12-8-10-13/h1,12H,3-10H2. The molecule has 0 radical (unpaired) electrons. The molecule has 0 saturated carbocycles. The van der Waals surface area contributed by atoms with E-state index in [4.69, 9.17) is 6.42 Å². The van der Waals surface area contributed by atoms with E-state index in [1.54, 1.807) is 0 Å². The van der Waals surface area contributed by atoms with Gasteiger partial charge in [0.25, 0.3) is 0 Å². The van der Waals surface area contributed by atoms with Crippen LogP contribution in [0.15, 0.2) is 0 Å². The Bertz CT molecular complexity index is 212. The fourth-order valence-corrected chi connectivity index (χ4v) is 1.59. The summed E-state index contributed by atoms with van der Waals surface area (Å²) in [6.45, 7) is 3.67. The molecular weight excluding hydrogens is 176 g/mol. The van der Waals surface area contributed by atoms with Crippen molar-refractivity contribution in [3.05, 3.63) is 0 Å². The Labute approximate surface area is 85.9 Å². The minimum absolute atomic E-state index is 0.254. The number of nitrogens with one attached hydrogen (secondary N) is 1. The van der Waals surface area contributed by atoms with Gasteiger partial charge < -0.3 is 10.2 Å². The van der Waals surface area contributed by atoms with Gasteiger partial charge in [-0.05, 0) is 19.4 Å². The van der Waals surface area contributed by atoms with Crippen LogP contribution in [0.3, 0.4) is 0 Å². The zero-order valence-electron chi connectivity index (χ0n) is 8.59. The first-order valence-corrected chi connectivity index (χ1v) is 5.26. The second-order valence-electron chi connectivity index (χ2n) is 3.54. The van der Waals surface area contributed by atoms with Crippen LogP contribution in [-0.2, 0) is 4.79 Å². The largest absolute Gasteiger partial charge is 0.341 e. The minimum atomic E-state index is 0.254. The second kappa shape index (κ2) is 6.44. The summed E-state index contributed by atoms with van der Waals surface area (Å²) in [6.07, 6.45) is 8.32. The summed E-state index contributed by atoms with van der Waals surface area (Å²) in [5, 5.41) is 3.27. The number of hydrogen-bond acceptors (Lipinski definition) is 2. The molecule has 1 aliphatic heterocycles. The maximum Gasteiger partial charge on any atom is 0.222 e. The van der Waals surface area contributed by atoms with Gasteiger partial charge in [-0.25, -0.2) is 0 Å². The van der Waals surface area contributed by atoms with Crippen molar-refractivity contribution in [1.29, 1.82) is 0 Å². The van der Waals surface area contributed by atoms with Gasteiger partial charge in [-0.15, -0.1) is 12.3 Å². The Morgan fingerprint density at radius 1 is 1.43 bits per heavy atom. The summed E-state index contributed by atoms with van der Waals surface area (Å²) in [4.78, 5) is 13.6. The fourth-order valence-electron chi connectivity index (χ4n) is 1.59. The maximum absolute atomic E-state index is 11.7. The van der Waals surface area contributed by atoms with Crippen molar-refractivity contribution >= 4 is 5.91 Å². The van der Waals surface area contributed by atoms with Gasteiger partial charge in [0.2, 0.25) is 5.91 Å². The van der Waals surface area contributed by atoms with Gasteiger partial charge in [0.15, 0.2) is 0 Å².